The second kappa shape index (κ2) is 11.5. The predicted octanol–water partition coefficient (Wildman–Crippen LogP) is 12.8. The zero-order chi connectivity index (χ0) is 31.3. The van der Waals surface area contributed by atoms with Crippen LogP contribution in [-0.4, -0.2) is 14.5 Å². The first-order valence-corrected chi connectivity index (χ1v) is 17.3. The van der Waals surface area contributed by atoms with Crippen LogP contribution in [0.25, 0.3) is 87.7 Å². The number of para-hydroxylation sites is 2. The minimum absolute atomic E-state index is 1.03. The van der Waals surface area contributed by atoms with E-state index in [1.807, 2.05) is 0 Å². The van der Waals surface area contributed by atoms with Gasteiger partial charge in [0.05, 0.1) is 0 Å². The lowest BCUT2D eigenvalue weighted by atomic mass is 10.0. The number of benzene rings is 6. The Labute approximate surface area is 274 Å². The molecule has 3 heterocycles. The van der Waals surface area contributed by atoms with Crippen LogP contribution in [0, 0.1) is 0 Å². The zero-order valence-electron chi connectivity index (χ0n) is 26.9. The van der Waals surface area contributed by atoms with Crippen LogP contribution in [0.15, 0.2) is 121 Å². The molecule has 0 amide bonds. The highest BCUT2D eigenvalue weighted by Gasteiger charge is 2.15. The summed E-state index contributed by atoms with van der Waals surface area (Å²) in [6, 6.07) is 45.0. The number of aromatic amines is 2. The Hall–Kier alpha value is -5.28. The summed E-state index contributed by atoms with van der Waals surface area (Å²) in [5.74, 6) is 0. The standard InChI is InChI=1S/C44H39N3/c1-2-3-4-5-6-11-24-47-43-27-31(29-16-20-35-33-12-7-9-14-39(33)45-41(35)25-29)18-22-37(43)38-23-19-32(28-44(38)47)30-17-21-36-34-13-8-10-15-40(34)46-42(36)26-30/h7-10,12-23,25-28,45-46H,2-6,11,24H2,1H3. The second-order valence-corrected chi connectivity index (χ2v) is 13.2. The molecule has 9 rings (SSSR count). The van der Waals surface area contributed by atoms with Gasteiger partial charge in [0.25, 0.3) is 0 Å². The van der Waals surface area contributed by atoms with Gasteiger partial charge in [-0.25, -0.2) is 0 Å². The normalized spacial score (nSPS) is 12.1. The highest BCUT2D eigenvalue weighted by Crippen LogP contribution is 2.37. The van der Waals surface area contributed by atoms with Gasteiger partial charge in [0.15, 0.2) is 0 Å². The molecule has 0 radical (unpaired) electrons. The average Bonchev–Trinajstić information content (AvgIpc) is 3.78. The van der Waals surface area contributed by atoms with E-state index in [2.05, 4.69) is 143 Å². The number of rotatable bonds is 9. The number of hydrogen-bond acceptors (Lipinski definition) is 0. The van der Waals surface area contributed by atoms with Gasteiger partial charge in [-0.2, -0.15) is 0 Å². The van der Waals surface area contributed by atoms with E-state index in [1.54, 1.807) is 0 Å². The van der Waals surface area contributed by atoms with Crippen LogP contribution in [-0.2, 0) is 6.54 Å². The number of nitrogens with one attached hydrogen (secondary N) is 2. The van der Waals surface area contributed by atoms with Crippen molar-refractivity contribution in [2.75, 3.05) is 0 Å². The Kier molecular flexibility index (Phi) is 6.85. The van der Waals surface area contributed by atoms with E-state index in [1.165, 1.54) is 126 Å². The first kappa shape index (κ1) is 28.0. The second-order valence-electron chi connectivity index (χ2n) is 13.2. The average molecular weight is 610 g/mol. The summed E-state index contributed by atoms with van der Waals surface area (Å²) in [5.41, 5.74) is 12.4. The lowest BCUT2D eigenvalue weighted by Crippen LogP contribution is -1.98. The van der Waals surface area contributed by atoms with Crippen LogP contribution >= 0.6 is 0 Å². The summed E-state index contributed by atoms with van der Waals surface area (Å²) in [6.45, 7) is 3.32. The predicted molar refractivity (Wildman–Crippen MR) is 202 cm³/mol. The lowest BCUT2D eigenvalue weighted by Gasteiger charge is -2.10. The van der Waals surface area contributed by atoms with Crippen molar-refractivity contribution in [1.29, 1.82) is 0 Å². The molecule has 3 heteroatoms. The van der Waals surface area contributed by atoms with Crippen LogP contribution in [0.1, 0.15) is 45.4 Å². The Balaban J connectivity index is 1.15. The molecule has 0 aliphatic heterocycles. The van der Waals surface area contributed by atoms with Gasteiger partial charge in [-0.05, 0) is 65.1 Å². The minimum Gasteiger partial charge on any atom is -0.354 e. The van der Waals surface area contributed by atoms with Gasteiger partial charge in [-0.15, -0.1) is 0 Å². The molecule has 2 N–H and O–H groups in total. The molecule has 0 aliphatic carbocycles. The van der Waals surface area contributed by atoms with Gasteiger partial charge in [0.2, 0.25) is 0 Å². The SMILES string of the molecule is CCCCCCCCn1c2cc(-c3ccc4c(c3)[nH]c3ccccc34)ccc2c2ccc(-c3ccc4c(c3)[nH]c3ccccc34)cc21. The first-order valence-electron chi connectivity index (χ1n) is 17.3. The molecule has 0 spiro atoms. The van der Waals surface area contributed by atoms with Crippen LogP contribution in [0.5, 0.6) is 0 Å². The topological polar surface area (TPSA) is 36.5 Å². The third-order valence-corrected chi connectivity index (χ3v) is 10.3. The Morgan fingerprint density at radius 1 is 0.404 bits per heavy atom. The summed E-state index contributed by atoms with van der Waals surface area (Å²) in [6.07, 6.45) is 7.74. The summed E-state index contributed by atoms with van der Waals surface area (Å²) in [4.78, 5) is 7.28. The summed E-state index contributed by atoms with van der Waals surface area (Å²) in [5, 5.41) is 7.78. The molecule has 9 aromatic rings. The van der Waals surface area contributed by atoms with Crippen molar-refractivity contribution < 1.29 is 0 Å². The van der Waals surface area contributed by atoms with Crippen molar-refractivity contribution in [3.63, 3.8) is 0 Å². The van der Waals surface area contributed by atoms with E-state index in [-0.39, 0.29) is 0 Å². The molecular formula is C44H39N3. The van der Waals surface area contributed by atoms with E-state index in [0.717, 1.165) is 6.54 Å². The van der Waals surface area contributed by atoms with Crippen molar-refractivity contribution in [1.82, 2.24) is 14.5 Å². The van der Waals surface area contributed by atoms with Crippen LogP contribution in [0.3, 0.4) is 0 Å². The van der Waals surface area contributed by atoms with Crippen molar-refractivity contribution in [2.45, 2.75) is 52.0 Å². The highest BCUT2D eigenvalue weighted by molar-refractivity contribution is 6.12. The molecule has 0 aliphatic rings. The van der Waals surface area contributed by atoms with Gasteiger partial charge in [0.1, 0.15) is 0 Å². The molecule has 47 heavy (non-hydrogen) atoms. The number of hydrogen-bond donors (Lipinski definition) is 2. The van der Waals surface area contributed by atoms with Crippen molar-refractivity contribution in [3.8, 4) is 22.3 Å². The lowest BCUT2D eigenvalue weighted by molar-refractivity contribution is 0.571. The van der Waals surface area contributed by atoms with Gasteiger partial charge in [-0.3, -0.25) is 0 Å². The van der Waals surface area contributed by atoms with Crippen LogP contribution < -0.4 is 0 Å². The fourth-order valence-electron chi connectivity index (χ4n) is 7.81. The molecule has 3 nitrogen and oxygen atoms in total. The third kappa shape index (κ3) is 4.80. The number of H-pyrrole nitrogens is 2. The molecule has 0 atom stereocenters. The van der Waals surface area contributed by atoms with Gasteiger partial charge < -0.3 is 14.5 Å². The molecule has 3 aromatic heterocycles. The zero-order valence-corrected chi connectivity index (χ0v) is 26.9. The summed E-state index contributed by atoms with van der Waals surface area (Å²) in [7, 11) is 0. The molecule has 0 saturated carbocycles. The minimum atomic E-state index is 1.03. The van der Waals surface area contributed by atoms with Crippen LogP contribution in [0.2, 0.25) is 0 Å². The Morgan fingerprint density at radius 2 is 0.830 bits per heavy atom. The van der Waals surface area contributed by atoms with E-state index in [9.17, 15) is 0 Å². The van der Waals surface area contributed by atoms with E-state index >= 15 is 0 Å². The summed E-state index contributed by atoms with van der Waals surface area (Å²) >= 11 is 0. The molecule has 0 saturated heterocycles. The molecule has 230 valence electrons. The number of aromatic nitrogens is 3. The molecule has 0 fully saturated rings. The van der Waals surface area contributed by atoms with Crippen molar-refractivity contribution in [2.24, 2.45) is 0 Å². The fraction of sp³-hybridized carbons (Fsp3) is 0.182. The van der Waals surface area contributed by atoms with E-state index in [4.69, 9.17) is 0 Å². The maximum absolute atomic E-state index is 3.64. The summed E-state index contributed by atoms with van der Waals surface area (Å²) < 4.78 is 2.60. The maximum atomic E-state index is 3.64. The molecule has 6 aromatic carbocycles. The van der Waals surface area contributed by atoms with Gasteiger partial charge in [0, 0.05) is 72.0 Å². The first-order chi connectivity index (χ1) is 23.2. The number of unbranched alkanes of at least 4 members (excludes halogenated alkanes) is 5. The molecule has 0 unspecified atom stereocenters. The number of aryl methyl sites for hydroxylation is 1. The fourth-order valence-corrected chi connectivity index (χ4v) is 7.81. The quantitative estimate of drug-likeness (QED) is 0.153. The third-order valence-electron chi connectivity index (χ3n) is 10.3. The Bertz CT molecular complexity index is 2400. The smallest absolute Gasteiger partial charge is 0.0497 e. The van der Waals surface area contributed by atoms with Crippen molar-refractivity contribution >= 4 is 65.4 Å². The monoisotopic (exact) mass is 609 g/mol. The number of nitrogens with zero attached hydrogens (tertiary/aromatic N) is 1. The maximum Gasteiger partial charge on any atom is 0.0497 e. The van der Waals surface area contributed by atoms with Crippen molar-refractivity contribution in [3.05, 3.63) is 121 Å². The van der Waals surface area contributed by atoms with Gasteiger partial charge >= 0.3 is 0 Å². The highest BCUT2D eigenvalue weighted by atomic mass is 15.0. The van der Waals surface area contributed by atoms with Crippen LogP contribution in [0.4, 0.5) is 0 Å². The molecular weight excluding hydrogens is 571 g/mol. The Morgan fingerprint density at radius 3 is 1.36 bits per heavy atom. The van der Waals surface area contributed by atoms with Gasteiger partial charge in [-0.1, -0.05) is 124 Å². The van der Waals surface area contributed by atoms with E-state index < -0.39 is 0 Å². The molecule has 0 bridgehead atoms. The largest absolute Gasteiger partial charge is 0.354 e. The number of fused-ring (bicyclic) bond motifs is 9. The van der Waals surface area contributed by atoms with E-state index in [0.29, 0.717) is 0 Å².